The normalized spacial score (nSPS) is 10.3. The molecule has 1 aromatic heterocycles. The third kappa shape index (κ3) is 2.94. The van der Waals surface area contributed by atoms with Gasteiger partial charge in [-0.3, -0.25) is 0 Å². The summed E-state index contributed by atoms with van der Waals surface area (Å²) in [4.78, 5) is 13.7. The number of nitrogens with zero attached hydrogens (tertiary/aromatic N) is 2. The molecule has 0 spiro atoms. The Morgan fingerprint density at radius 3 is 2.85 bits per heavy atom. The largest absolute Gasteiger partial charge is 0.465 e. The highest BCUT2D eigenvalue weighted by molar-refractivity contribution is 9.10. The van der Waals surface area contributed by atoms with Gasteiger partial charge in [0.2, 0.25) is 0 Å². The lowest BCUT2D eigenvalue weighted by atomic mass is 10.2. The number of methoxy groups -OCH3 is 1. The van der Waals surface area contributed by atoms with Crippen LogP contribution in [-0.4, -0.2) is 24.5 Å². The average molecular weight is 356 g/mol. The Hall–Kier alpha value is -1.60. The number of rotatable bonds is 4. The van der Waals surface area contributed by atoms with Crippen LogP contribution in [0.15, 0.2) is 28.7 Å². The second-order valence-electron chi connectivity index (χ2n) is 4.19. The van der Waals surface area contributed by atoms with Crippen LogP contribution in [0.3, 0.4) is 0 Å². The fourth-order valence-corrected chi connectivity index (χ4v) is 2.97. The SMILES string of the molecule is COC(=O)c1c(N)nsc1N(C)Cc1ccccc1Br. The Bertz CT molecular complexity index is 630. The van der Waals surface area contributed by atoms with Gasteiger partial charge in [0.1, 0.15) is 10.6 Å². The molecule has 5 nitrogen and oxygen atoms in total. The first kappa shape index (κ1) is 14.8. The third-order valence-electron chi connectivity index (χ3n) is 2.80. The van der Waals surface area contributed by atoms with E-state index in [1.165, 1.54) is 18.6 Å². The fraction of sp³-hybridized carbons (Fsp3) is 0.231. The summed E-state index contributed by atoms with van der Waals surface area (Å²) in [6.07, 6.45) is 0. The number of hydrogen-bond donors (Lipinski definition) is 1. The summed E-state index contributed by atoms with van der Waals surface area (Å²) in [6.45, 7) is 0.632. The van der Waals surface area contributed by atoms with Crippen molar-refractivity contribution in [2.45, 2.75) is 6.54 Å². The van der Waals surface area contributed by atoms with E-state index in [4.69, 9.17) is 10.5 Å². The first-order chi connectivity index (χ1) is 9.54. The molecule has 2 aromatic rings. The molecule has 0 aliphatic rings. The number of halogens is 1. The zero-order chi connectivity index (χ0) is 14.7. The van der Waals surface area contributed by atoms with Crippen LogP contribution in [0.4, 0.5) is 10.8 Å². The molecule has 0 unspecified atom stereocenters. The molecule has 1 heterocycles. The summed E-state index contributed by atoms with van der Waals surface area (Å²) in [7, 11) is 3.22. The minimum absolute atomic E-state index is 0.204. The molecular weight excluding hydrogens is 342 g/mol. The summed E-state index contributed by atoms with van der Waals surface area (Å²) < 4.78 is 9.81. The number of carbonyl (C=O) groups is 1. The van der Waals surface area contributed by atoms with Gasteiger partial charge < -0.3 is 15.4 Å². The van der Waals surface area contributed by atoms with Gasteiger partial charge in [-0.15, -0.1) is 0 Å². The van der Waals surface area contributed by atoms with Crippen molar-refractivity contribution in [3.05, 3.63) is 39.9 Å². The van der Waals surface area contributed by atoms with Crippen LogP contribution in [0.2, 0.25) is 0 Å². The number of esters is 1. The van der Waals surface area contributed by atoms with Crippen molar-refractivity contribution < 1.29 is 9.53 Å². The van der Waals surface area contributed by atoms with E-state index in [-0.39, 0.29) is 5.82 Å². The maximum atomic E-state index is 11.8. The quantitative estimate of drug-likeness (QED) is 0.854. The van der Waals surface area contributed by atoms with Gasteiger partial charge >= 0.3 is 5.97 Å². The number of anilines is 2. The van der Waals surface area contributed by atoms with Gasteiger partial charge in [-0.05, 0) is 23.2 Å². The Morgan fingerprint density at radius 2 is 2.20 bits per heavy atom. The van der Waals surface area contributed by atoms with Crippen molar-refractivity contribution in [1.29, 1.82) is 0 Å². The van der Waals surface area contributed by atoms with Crippen LogP contribution >= 0.6 is 27.5 Å². The molecule has 0 radical (unpaired) electrons. The molecule has 20 heavy (non-hydrogen) atoms. The van der Waals surface area contributed by atoms with E-state index in [1.54, 1.807) is 0 Å². The van der Waals surface area contributed by atoms with E-state index in [0.29, 0.717) is 17.1 Å². The van der Waals surface area contributed by atoms with Crippen molar-refractivity contribution in [1.82, 2.24) is 4.37 Å². The van der Waals surface area contributed by atoms with Crippen LogP contribution in [0, 0.1) is 0 Å². The number of hydrogen-bond acceptors (Lipinski definition) is 6. The van der Waals surface area contributed by atoms with E-state index in [2.05, 4.69) is 20.3 Å². The second-order valence-corrected chi connectivity index (χ2v) is 5.79. The summed E-state index contributed by atoms with van der Waals surface area (Å²) >= 11 is 4.70. The topological polar surface area (TPSA) is 68.5 Å². The molecule has 0 aliphatic heterocycles. The Labute approximate surface area is 129 Å². The molecular formula is C13H14BrN3O2S. The van der Waals surface area contributed by atoms with Gasteiger partial charge in [0, 0.05) is 18.1 Å². The number of nitrogen functional groups attached to an aromatic ring is 1. The molecule has 2 N–H and O–H groups in total. The van der Waals surface area contributed by atoms with Gasteiger partial charge in [-0.1, -0.05) is 34.1 Å². The predicted molar refractivity (Wildman–Crippen MR) is 84.1 cm³/mol. The first-order valence-electron chi connectivity index (χ1n) is 5.82. The maximum absolute atomic E-state index is 11.8. The average Bonchev–Trinajstić information content (AvgIpc) is 2.82. The number of carbonyl (C=O) groups excluding carboxylic acids is 1. The lowest BCUT2D eigenvalue weighted by molar-refractivity contribution is 0.0603. The molecule has 0 atom stereocenters. The van der Waals surface area contributed by atoms with E-state index < -0.39 is 5.97 Å². The Balaban J connectivity index is 2.28. The summed E-state index contributed by atoms with van der Waals surface area (Å²) in [5.74, 6) is -0.263. The first-order valence-corrected chi connectivity index (χ1v) is 7.39. The van der Waals surface area contributed by atoms with Gasteiger partial charge in [-0.2, -0.15) is 4.37 Å². The highest BCUT2D eigenvalue weighted by Crippen LogP contribution is 2.32. The lowest BCUT2D eigenvalue weighted by Crippen LogP contribution is -2.19. The highest BCUT2D eigenvalue weighted by atomic mass is 79.9. The Morgan fingerprint density at radius 1 is 1.50 bits per heavy atom. The molecule has 0 aliphatic carbocycles. The summed E-state index contributed by atoms with van der Waals surface area (Å²) in [6, 6.07) is 7.92. The van der Waals surface area contributed by atoms with Crippen molar-refractivity contribution in [3.8, 4) is 0 Å². The van der Waals surface area contributed by atoms with Crippen LogP contribution in [0.1, 0.15) is 15.9 Å². The van der Waals surface area contributed by atoms with Crippen LogP contribution in [-0.2, 0) is 11.3 Å². The van der Waals surface area contributed by atoms with E-state index in [9.17, 15) is 4.79 Å². The molecule has 0 fully saturated rings. The molecule has 2 rings (SSSR count). The number of benzene rings is 1. The van der Waals surface area contributed by atoms with E-state index in [0.717, 1.165) is 10.0 Å². The monoisotopic (exact) mass is 355 g/mol. The molecule has 0 bridgehead atoms. The van der Waals surface area contributed by atoms with Crippen LogP contribution in [0.25, 0.3) is 0 Å². The number of ether oxygens (including phenoxy) is 1. The molecule has 0 amide bonds. The van der Waals surface area contributed by atoms with Crippen LogP contribution < -0.4 is 10.6 Å². The second kappa shape index (κ2) is 6.23. The van der Waals surface area contributed by atoms with Gasteiger partial charge in [-0.25, -0.2) is 4.79 Å². The smallest absolute Gasteiger partial charge is 0.344 e. The van der Waals surface area contributed by atoms with Crippen molar-refractivity contribution in [3.63, 3.8) is 0 Å². The molecule has 0 saturated heterocycles. The van der Waals surface area contributed by atoms with Gasteiger partial charge in [0.25, 0.3) is 0 Å². The van der Waals surface area contributed by atoms with Crippen molar-refractivity contribution in [2.24, 2.45) is 0 Å². The van der Waals surface area contributed by atoms with E-state index in [1.807, 2.05) is 36.2 Å². The van der Waals surface area contributed by atoms with Gasteiger partial charge in [0.05, 0.1) is 7.11 Å². The van der Waals surface area contributed by atoms with Crippen LogP contribution in [0.5, 0.6) is 0 Å². The predicted octanol–water partition coefficient (Wildman–Crippen LogP) is 2.91. The molecule has 0 saturated carbocycles. The zero-order valence-corrected chi connectivity index (χ0v) is 13.5. The molecule has 106 valence electrons. The maximum Gasteiger partial charge on any atom is 0.344 e. The number of aromatic nitrogens is 1. The minimum atomic E-state index is -0.467. The van der Waals surface area contributed by atoms with E-state index >= 15 is 0 Å². The minimum Gasteiger partial charge on any atom is -0.465 e. The number of nitrogens with two attached hydrogens (primary N) is 1. The standard InChI is InChI=1S/C13H14BrN3O2S/c1-17(7-8-5-3-4-6-9(8)14)12-10(13(18)19-2)11(15)16-20-12/h3-6H,7H2,1-2H3,(H2,15,16). The molecule has 1 aromatic carbocycles. The summed E-state index contributed by atoms with van der Waals surface area (Å²) in [5.41, 5.74) is 7.18. The van der Waals surface area contributed by atoms with Crippen molar-refractivity contribution >= 4 is 44.3 Å². The van der Waals surface area contributed by atoms with Gasteiger partial charge in [0.15, 0.2) is 5.82 Å². The Kier molecular flexibility index (Phi) is 4.61. The zero-order valence-electron chi connectivity index (χ0n) is 11.1. The highest BCUT2D eigenvalue weighted by Gasteiger charge is 2.22. The fourth-order valence-electron chi connectivity index (χ4n) is 1.80. The molecule has 7 heteroatoms. The lowest BCUT2D eigenvalue weighted by Gasteiger charge is -2.18. The third-order valence-corrected chi connectivity index (χ3v) is 4.55. The van der Waals surface area contributed by atoms with Crippen molar-refractivity contribution in [2.75, 3.05) is 24.8 Å². The summed E-state index contributed by atoms with van der Waals surface area (Å²) in [5, 5.41) is 0.699.